The predicted molar refractivity (Wildman–Crippen MR) is 85.0 cm³/mol. The summed E-state index contributed by atoms with van der Waals surface area (Å²) in [7, 11) is -2.25. The topological polar surface area (TPSA) is 43.4 Å². The first kappa shape index (κ1) is 65.6. The molecule has 0 aromatic heterocycles. The van der Waals surface area contributed by atoms with Crippen LogP contribution < -0.4 is 0 Å². The van der Waals surface area contributed by atoms with Gasteiger partial charge in [-0.1, -0.05) is 58.4 Å². The maximum atomic E-state index is 11.2. The quantitative estimate of drug-likeness (QED) is 0.366. The van der Waals surface area contributed by atoms with Crippen molar-refractivity contribution in [2.24, 2.45) is 0 Å². The van der Waals surface area contributed by atoms with Crippen molar-refractivity contribution in [3.8, 4) is 0 Å². The third-order valence-corrected chi connectivity index (χ3v) is 4.15. The van der Waals surface area contributed by atoms with Crippen LogP contribution in [0.2, 0.25) is 0 Å². The summed E-state index contributed by atoms with van der Waals surface area (Å²) in [4.78, 5) is 0. The summed E-state index contributed by atoms with van der Waals surface area (Å²) in [5.74, 6) is 0.819. The van der Waals surface area contributed by atoms with E-state index in [0.717, 1.165) is 5.92 Å². The standard InChI is InChI=1S/C7H15O3S.6CH4.3Y/c1-6(2)7(3,4)11(8,9)10-5;;;;;;;;;/h1-5H3;6*1H4;;;/q-1;;;;;;;;;. The Morgan fingerprint density at radius 2 is 1.00 bits per heavy atom. The monoisotopic (exact) mass is 542 g/mol. The van der Waals surface area contributed by atoms with Crippen molar-refractivity contribution in [2.75, 3.05) is 7.11 Å². The van der Waals surface area contributed by atoms with Crippen LogP contribution in [0.4, 0.5) is 0 Å². The van der Waals surface area contributed by atoms with Crippen LogP contribution in [0.3, 0.4) is 0 Å². The third kappa shape index (κ3) is 19.3. The Hall–Kier alpha value is 3.22. The van der Waals surface area contributed by atoms with Crippen molar-refractivity contribution >= 4 is 10.1 Å². The molecule has 0 saturated carbocycles. The average Bonchev–Trinajstić information content (AvgIpc) is 1.87. The molecule has 0 spiro atoms. The molecule has 125 valence electrons. The van der Waals surface area contributed by atoms with Crippen molar-refractivity contribution in [3.05, 3.63) is 5.92 Å². The molecule has 0 aromatic rings. The van der Waals surface area contributed by atoms with Gasteiger partial charge in [-0.15, -0.1) is 0 Å². The normalized spacial score (nSPS) is 7.70. The van der Waals surface area contributed by atoms with E-state index in [9.17, 15) is 8.42 Å². The Morgan fingerprint density at radius 1 is 0.800 bits per heavy atom. The Morgan fingerprint density at radius 3 is 1.05 bits per heavy atom. The first-order chi connectivity index (χ1) is 4.75. The minimum Gasteiger partial charge on any atom is -0.297 e. The van der Waals surface area contributed by atoms with Gasteiger partial charge in [0.05, 0.1) is 7.11 Å². The van der Waals surface area contributed by atoms with Gasteiger partial charge in [-0.25, -0.2) is 8.42 Å². The van der Waals surface area contributed by atoms with Crippen LogP contribution in [0.5, 0.6) is 0 Å². The van der Waals surface area contributed by atoms with Crippen molar-refractivity contribution in [2.45, 2.75) is 77.0 Å². The largest absolute Gasteiger partial charge is 0.297 e. The van der Waals surface area contributed by atoms with Crippen LogP contribution in [0.1, 0.15) is 72.3 Å². The Bertz CT molecular complexity index is 229. The Labute approximate surface area is 207 Å². The molecule has 0 amide bonds. The molecule has 0 atom stereocenters. The van der Waals surface area contributed by atoms with Crippen molar-refractivity contribution in [1.82, 2.24) is 0 Å². The summed E-state index contributed by atoms with van der Waals surface area (Å²) in [5.41, 5.74) is 0. The molecule has 0 aliphatic carbocycles. The van der Waals surface area contributed by atoms with E-state index in [1.807, 2.05) is 0 Å². The molecule has 0 aliphatic heterocycles. The molecular formula is C13H39O3SY3-. The minimum atomic E-state index is -3.43. The van der Waals surface area contributed by atoms with Gasteiger partial charge in [0, 0.05) is 98.1 Å². The molecule has 3 nitrogen and oxygen atoms in total. The van der Waals surface area contributed by atoms with Gasteiger partial charge in [0.1, 0.15) is 0 Å². The maximum Gasteiger partial charge on any atom is 0.244 e. The van der Waals surface area contributed by atoms with Crippen molar-refractivity contribution in [1.29, 1.82) is 0 Å². The number of hydrogen-bond donors (Lipinski definition) is 0. The smallest absolute Gasteiger partial charge is 0.244 e. The van der Waals surface area contributed by atoms with Crippen LogP contribution in [0, 0.1) is 5.92 Å². The molecular weight excluding hydrogens is 503 g/mol. The van der Waals surface area contributed by atoms with E-state index >= 15 is 0 Å². The molecule has 0 aromatic carbocycles. The molecule has 0 fully saturated rings. The number of hydrogen-bond acceptors (Lipinski definition) is 3. The van der Waals surface area contributed by atoms with Crippen molar-refractivity contribution < 1.29 is 111 Å². The van der Waals surface area contributed by atoms with Gasteiger partial charge in [-0.3, -0.25) is 10.1 Å². The fourth-order valence-electron chi connectivity index (χ4n) is 0.458. The third-order valence-electron chi connectivity index (χ3n) is 2.05. The summed E-state index contributed by atoms with van der Waals surface area (Å²) >= 11 is 0. The van der Waals surface area contributed by atoms with Gasteiger partial charge in [0.15, 0.2) is 0 Å². The van der Waals surface area contributed by atoms with E-state index in [-0.39, 0.29) is 143 Å². The van der Waals surface area contributed by atoms with Gasteiger partial charge in [0.25, 0.3) is 0 Å². The van der Waals surface area contributed by atoms with E-state index in [2.05, 4.69) is 4.18 Å². The van der Waals surface area contributed by atoms with E-state index in [1.54, 1.807) is 27.7 Å². The zero-order valence-corrected chi connectivity index (χ0v) is 18.7. The summed E-state index contributed by atoms with van der Waals surface area (Å²) in [6.45, 7) is 6.80. The van der Waals surface area contributed by atoms with E-state index in [1.165, 1.54) is 7.11 Å². The van der Waals surface area contributed by atoms with E-state index in [4.69, 9.17) is 0 Å². The summed E-state index contributed by atoms with van der Waals surface area (Å²) in [5, 5.41) is 0. The number of rotatable bonds is 3. The molecule has 20 heavy (non-hydrogen) atoms. The summed E-state index contributed by atoms with van der Waals surface area (Å²) < 4.78 is 26.0. The van der Waals surface area contributed by atoms with Gasteiger partial charge in [-0.2, -0.15) is 13.8 Å². The zero-order valence-electron chi connectivity index (χ0n) is 9.37. The molecule has 0 N–H and O–H groups in total. The average molecular weight is 542 g/mol. The molecule has 0 rings (SSSR count). The maximum absolute atomic E-state index is 11.2. The van der Waals surface area contributed by atoms with Crippen LogP contribution in [0.15, 0.2) is 0 Å². The SMILES string of the molecule is C.C.C.C.C.C.COS(=O)(=O)C(C)(C)[C-](C)C.[Y].[Y].[Y]. The molecule has 0 heterocycles. The molecule has 0 saturated heterocycles. The van der Waals surface area contributed by atoms with Crippen LogP contribution in [-0.2, 0) is 112 Å². The zero-order chi connectivity index (χ0) is 9.28. The van der Waals surface area contributed by atoms with Crippen molar-refractivity contribution in [3.63, 3.8) is 0 Å². The molecule has 0 unspecified atom stereocenters. The van der Waals surface area contributed by atoms with E-state index < -0.39 is 14.9 Å². The fraction of sp³-hybridized carbons (Fsp3) is 0.923. The van der Waals surface area contributed by atoms with Gasteiger partial charge < -0.3 is 0 Å². The second-order valence-corrected chi connectivity index (χ2v) is 5.39. The Kier molecular flexibility index (Phi) is 88.8. The van der Waals surface area contributed by atoms with E-state index in [0.29, 0.717) is 0 Å². The predicted octanol–water partition coefficient (Wildman–Crippen LogP) is 5.16. The molecule has 0 aliphatic rings. The Balaban J connectivity index is -0.0000000139. The molecule has 3 radical (unpaired) electrons. The van der Waals surface area contributed by atoms with Crippen LogP contribution in [-0.4, -0.2) is 20.3 Å². The first-order valence-corrected chi connectivity index (χ1v) is 4.77. The minimum absolute atomic E-state index is 0. The first-order valence-electron chi connectivity index (χ1n) is 3.36. The van der Waals surface area contributed by atoms with Crippen LogP contribution in [0.25, 0.3) is 0 Å². The fourth-order valence-corrected chi connectivity index (χ4v) is 1.38. The van der Waals surface area contributed by atoms with Crippen LogP contribution >= 0.6 is 0 Å². The second kappa shape index (κ2) is 27.1. The van der Waals surface area contributed by atoms with Gasteiger partial charge in [0.2, 0.25) is 10.1 Å². The molecule has 0 bridgehead atoms. The van der Waals surface area contributed by atoms with Gasteiger partial charge >= 0.3 is 0 Å². The summed E-state index contributed by atoms with van der Waals surface area (Å²) in [6, 6.07) is 0. The van der Waals surface area contributed by atoms with Gasteiger partial charge in [-0.05, 0) is 4.75 Å². The second-order valence-electron chi connectivity index (χ2n) is 3.13. The summed E-state index contributed by atoms with van der Waals surface area (Å²) in [6.07, 6.45) is 0. The molecule has 7 heteroatoms.